The topological polar surface area (TPSA) is 15.3 Å². The maximum absolute atomic E-state index is 3.77. The van der Waals surface area contributed by atoms with Crippen molar-refractivity contribution in [3.8, 4) is 0 Å². The SMILES string of the molecule is C=CC(C)NCC1CCCN(C)C1. The van der Waals surface area contributed by atoms with Gasteiger partial charge in [0.05, 0.1) is 0 Å². The third-order valence-electron chi connectivity index (χ3n) is 2.80. The van der Waals surface area contributed by atoms with E-state index in [4.69, 9.17) is 0 Å². The summed E-state index contributed by atoms with van der Waals surface area (Å²) in [7, 11) is 2.21. The average Bonchev–Trinajstić information content (AvgIpc) is 2.14. The molecule has 0 aromatic heterocycles. The summed E-state index contributed by atoms with van der Waals surface area (Å²) >= 11 is 0. The van der Waals surface area contributed by atoms with Gasteiger partial charge in [0.15, 0.2) is 0 Å². The van der Waals surface area contributed by atoms with Gasteiger partial charge in [0.1, 0.15) is 0 Å². The van der Waals surface area contributed by atoms with E-state index in [9.17, 15) is 0 Å². The first-order chi connectivity index (χ1) is 6.22. The lowest BCUT2D eigenvalue weighted by atomic mass is 9.98. The first kappa shape index (κ1) is 10.7. The van der Waals surface area contributed by atoms with Crippen LogP contribution in [0.25, 0.3) is 0 Å². The molecule has 1 fully saturated rings. The van der Waals surface area contributed by atoms with Crippen LogP contribution in [0.4, 0.5) is 0 Å². The molecule has 0 amide bonds. The Hall–Kier alpha value is -0.340. The molecular weight excluding hydrogens is 160 g/mol. The number of nitrogens with zero attached hydrogens (tertiary/aromatic N) is 1. The maximum Gasteiger partial charge on any atom is 0.0219 e. The van der Waals surface area contributed by atoms with E-state index in [-0.39, 0.29) is 0 Å². The summed E-state index contributed by atoms with van der Waals surface area (Å²) in [5.74, 6) is 0.834. The summed E-state index contributed by atoms with van der Waals surface area (Å²) < 4.78 is 0. The van der Waals surface area contributed by atoms with Gasteiger partial charge in [-0.2, -0.15) is 0 Å². The zero-order chi connectivity index (χ0) is 9.68. The van der Waals surface area contributed by atoms with Crippen molar-refractivity contribution in [3.05, 3.63) is 12.7 Å². The largest absolute Gasteiger partial charge is 0.310 e. The molecule has 0 aliphatic carbocycles. The van der Waals surface area contributed by atoms with Gasteiger partial charge >= 0.3 is 0 Å². The molecule has 1 aliphatic heterocycles. The molecule has 1 aliphatic rings. The molecule has 0 radical (unpaired) electrons. The summed E-state index contributed by atoms with van der Waals surface area (Å²) in [6.07, 6.45) is 4.69. The van der Waals surface area contributed by atoms with E-state index in [1.807, 2.05) is 6.08 Å². The Morgan fingerprint density at radius 2 is 2.46 bits per heavy atom. The number of nitrogens with one attached hydrogen (secondary N) is 1. The second-order valence-corrected chi connectivity index (χ2v) is 4.20. The Bertz CT molecular complexity index is 156. The monoisotopic (exact) mass is 182 g/mol. The number of hydrogen-bond acceptors (Lipinski definition) is 2. The minimum atomic E-state index is 0.451. The Kier molecular flexibility index (Phi) is 4.46. The van der Waals surface area contributed by atoms with Gasteiger partial charge in [-0.25, -0.2) is 0 Å². The zero-order valence-corrected chi connectivity index (χ0v) is 8.92. The van der Waals surface area contributed by atoms with E-state index in [0.717, 1.165) is 12.5 Å². The van der Waals surface area contributed by atoms with Crippen molar-refractivity contribution in [2.45, 2.75) is 25.8 Å². The molecule has 1 saturated heterocycles. The van der Waals surface area contributed by atoms with E-state index in [2.05, 4.69) is 30.8 Å². The Balaban J connectivity index is 2.16. The van der Waals surface area contributed by atoms with E-state index in [1.165, 1.54) is 25.9 Å². The van der Waals surface area contributed by atoms with E-state index in [0.29, 0.717) is 6.04 Å². The number of piperidine rings is 1. The van der Waals surface area contributed by atoms with Crippen LogP contribution in [0.15, 0.2) is 12.7 Å². The molecule has 1 rings (SSSR count). The van der Waals surface area contributed by atoms with Crippen LogP contribution in [0.3, 0.4) is 0 Å². The molecule has 0 saturated carbocycles. The Morgan fingerprint density at radius 1 is 1.69 bits per heavy atom. The lowest BCUT2D eigenvalue weighted by molar-refractivity contribution is 0.205. The molecule has 2 atom stereocenters. The van der Waals surface area contributed by atoms with Gasteiger partial charge < -0.3 is 10.2 Å². The molecule has 13 heavy (non-hydrogen) atoms. The van der Waals surface area contributed by atoms with Gasteiger partial charge in [-0.3, -0.25) is 0 Å². The van der Waals surface area contributed by atoms with Crippen LogP contribution >= 0.6 is 0 Å². The van der Waals surface area contributed by atoms with Crippen LogP contribution in [-0.2, 0) is 0 Å². The van der Waals surface area contributed by atoms with Crippen molar-refractivity contribution < 1.29 is 0 Å². The lowest BCUT2D eigenvalue weighted by Crippen LogP contribution is -2.39. The molecular formula is C11H22N2. The highest BCUT2D eigenvalue weighted by Gasteiger charge is 2.16. The zero-order valence-electron chi connectivity index (χ0n) is 8.92. The summed E-state index contributed by atoms with van der Waals surface area (Å²) in [5.41, 5.74) is 0. The normalized spacial score (nSPS) is 27.1. The fourth-order valence-electron chi connectivity index (χ4n) is 1.88. The molecule has 1 N–H and O–H groups in total. The van der Waals surface area contributed by atoms with Gasteiger partial charge in [-0.05, 0) is 45.8 Å². The van der Waals surface area contributed by atoms with Crippen LogP contribution in [0.5, 0.6) is 0 Å². The predicted molar refractivity (Wildman–Crippen MR) is 57.9 cm³/mol. The predicted octanol–water partition coefficient (Wildman–Crippen LogP) is 1.49. The average molecular weight is 182 g/mol. The first-order valence-corrected chi connectivity index (χ1v) is 5.27. The van der Waals surface area contributed by atoms with Crippen molar-refractivity contribution in [2.24, 2.45) is 5.92 Å². The summed E-state index contributed by atoms with van der Waals surface area (Å²) in [5, 5.41) is 3.48. The van der Waals surface area contributed by atoms with Crippen LogP contribution in [0.2, 0.25) is 0 Å². The van der Waals surface area contributed by atoms with Gasteiger partial charge in [0.25, 0.3) is 0 Å². The molecule has 2 unspecified atom stereocenters. The minimum Gasteiger partial charge on any atom is -0.310 e. The van der Waals surface area contributed by atoms with Crippen LogP contribution < -0.4 is 5.32 Å². The molecule has 2 nitrogen and oxygen atoms in total. The molecule has 76 valence electrons. The number of rotatable bonds is 4. The molecule has 0 aromatic carbocycles. The lowest BCUT2D eigenvalue weighted by Gasteiger charge is -2.30. The van der Waals surface area contributed by atoms with E-state index < -0.39 is 0 Å². The van der Waals surface area contributed by atoms with Gasteiger partial charge in [0.2, 0.25) is 0 Å². The first-order valence-electron chi connectivity index (χ1n) is 5.27. The molecule has 0 spiro atoms. The second kappa shape index (κ2) is 5.40. The van der Waals surface area contributed by atoms with Crippen molar-refractivity contribution in [1.29, 1.82) is 0 Å². The Labute approximate surface area is 82.0 Å². The maximum atomic E-state index is 3.77. The van der Waals surface area contributed by atoms with Crippen molar-refractivity contribution in [1.82, 2.24) is 10.2 Å². The van der Waals surface area contributed by atoms with Gasteiger partial charge in [-0.1, -0.05) is 6.08 Å². The molecule has 2 heteroatoms. The number of hydrogen-bond donors (Lipinski definition) is 1. The standard InChI is InChI=1S/C11H22N2/c1-4-10(2)12-8-11-6-5-7-13(3)9-11/h4,10-12H,1,5-9H2,2-3H3. The van der Waals surface area contributed by atoms with Crippen LogP contribution in [0.1, 0.15) is 19.8 Å². The molecule has 1 heterocycles. The number of likely N-dealkylation sites (tertiary alicyclic amines) is 1. The quantitative estimate of drug-likeness (QED) is 0.663. The highest BCUT2D eigenvalue weighted by atomic mass is 15.1. The summed E-state index contributed by atoms with van der Waals surface area (Å²) in [6, 6.07) is 0.451. The molecule has 0 bridgehead atoms. The third-order valence-corrected chi connectivity index (χ3v) is 2.80. The smallest absolute Gasteiger partial charge is 0.0219 e. The van der Waals surface area contributed by atoms with Crippen molar-refractivity contribution >= 4 is 0 Å². The summed E-state index contributed by atoms with van der Waals surface area (Å²) in [4.78, 5) is 2.43. The van der Waals surface area contributed by atoms with Crippen LogP contribution in [-0.4, -0.2) is 37.6 Å². The second-order valence-electron chi connectivity index (χ2n) is 4.20. The fourth-order valence-corrected chi connectivity index (χ4v) is 1.88. The Morgan fingerprint density at radius 3 is 3.08 bits per heavy atom. The fraction of sp³-hybridized carbons (Fsp3) is 0.818. The van der Waals surface area contributed by atoms with E-state index in [1.54, 1.807) is 0 Å². The highest BCUT2D eigenvalue weighted by Crippen LogP contribution is 2.13. The highest BCUT2D eigenvalue weighted by molar-refractivity contribution is 4.83. The summed E-state index contributed by atoms with van der Waals surface area (Å²) in [6.45, 7) is 9.57. The van der Waals surface area contributed by atoms with E-state index >= 15 is 0 Å². The minimum absolute atomic E-state index is 0.451. The van der Waals surface area contributed by atoms with Crippen LogP contribution in [0, 0.1) is 5.92 Å². The van der Waals surface area contributed by atoms with Crippen molar-refractivity contribution in [2.75, 3.05) is 26.7 Å². The molecule has 0 aromatic rings. The third kappa shape index (κ3) is 3.92. The van der Waals surface area contributed by atoms with Gasteiger partial charge in [0, 0.05) is 12.6 Å². The van der Waals surface area contributed by atoms with Gasteiger partial charge in [-0.15, -0.1) is 6.58 Å². The van der Waals surface area contributed by atoms with Crippen molar-refractivity contribution in [3.63, 3.8) is 0 Å².